The third-order valence-electron chi connectivity index (χ3n) is 2.47. The number of nitrogens with one attached hydrogen (secondary N) is 1. The number of nitrogens with zero attached hydrogens (tertiary/aromatic N) is 1. The highest BCUT2D eigenvalue weighted by atomic mass is 32.1. The Kier molecular flexibility index (Phi) is 5.73. The summed E-state index contributed by atoms with van der Waals surface area (Å²) in [6.07, 6.45) is 1.82. The number of ether oxygens (including phenoxy) is 1. The summed E-state index contributed by atoms with van der Waals surface area (Å²) in [5, 5.41) is 12.2. The molecule has 1 heterocycles. The van der Waals surface area contributed by atoms with Gasteiger partial charge in [-0.1, -0.05) is 0 Å². The largest absolute Gasteiger partial charge is 0.480 e. The van der Waals surface area contributed by atoms with Gasteiger partial charge in [0.25, 0.3) is 0 Å². The van der Waals surface area contributed by atoms with Crippen LogP contribution in [0.2, 0.25) is 0 Å². The van der Waals surface area contributed by atoms with E-state index < -0.39 is 0 Å². The van der Waals surface area contributed by atoms with Crippen LogP contribution in [0.25, 0.3) is 0 Å². The molecule has 0 aromatic carbocycles. The van der Waals surface area contributed by atoms with E-state index in [4.69, 9.17) is 9.84 Å². The van der Waals surface area contributed by atoms with Gasteiger partial charge < -0.3 is 15.2 Å². The van der Waals surface area contributed by atoms with Gasteiger partial charge in [0.05, 0.1) is 7.11 Å². The second kappa shape index (κ2) is 6.83. The van der Waals surface area contributed by atoms with E-state index in [0.29, 0.717) is 11.9 Å². The van der Waals surface area contributed by atoms with Crippen molar-refractivity contribution in [2.24, 2.45) is 0 Å². The van der Waals surface area contributed by atoms with Crippen LogP contribution in [-0.2, 0) is 0 Å². The Morgan fingerprint density at radius 2 is 2.31 bits per heavy atom. The van der Waals surface area contributed by atoms with Crippen LogP contribution >= 0.6 is 11.5 Å². The fourth-order valence-corrected chi connectivity index (χ4v) is 2.26. The van der Waals surface area contributed by atoms with Crippen LogP contribution in [0.1, 0.15) is 37.6 Å². The Labute approximate surface area is 101 Å². The van der Waals surface area contributed by atoms with Crippen LogP contribution in [0, 0.1) is 0 Å². The first-order chi connectivity index (χ1) is 7.67. The zero-order chi connectivity index (χ0) is 12.0. The molecule has 2 atom stereocenters. The second-order valence-electron chi connectivity index (χ2n) is 3.93. The zero-order valence-electron chi connectivity index (χ0n) is 10.1. The molecule has 0 radical (unpaired) electrons. The van der Waals surface area contributed by atoms with Crippen LogP contribution in [-0.4, -0.2) is 29.2 Å². The van der Waals surface area contributed by atoms with E-state index in [-0.39, 0.29) is 12.6 Å². The van der Waals surface area contributed by atoms with Crippen LogP contribution in [0.4, 0.5) is 0 Å². The zero-order valence-corrected chi connectivity index (χ0v) is 10.9. The average molecular weight is 244 g/mol. The second-order valence-corrected chi connectivity index (χ2v) is 4.76. The smallest absolute Gasteiger partial charge is 0.225 e. The summed E-state index contributed by atoms with van der Waals surface area (Å²) < 4.78 is 9.22. The molecule has 0 bridgehead atoms. The van der Waals surface area contributed by atoms with E-state index in [1.54, 1.807) is 7.11 Å². The van der Waals surface area contributed by atoms with Gasteiger partial charge in [-0.15, -0.1) is 0 Å². The number of hydrogen-bond donors (Lipinski definition) is 2. The lowest BCUT2D eigenvalue weighted by atomic mass is 10.1. The topological polar surface area (TPSA) is 54.4 Å². The molecule has 1 rings (SSSR count). The van der Waals surface area contributed by atoms with Crippen molar-refractivity contribution in [2.75, 3.05) is 13.7 Å². The maximum absolute atomic E-state index is 8.75. The highest BCUT2D eigenvalue weighted by Crippen LogP contribution is 2.23. The van der Waals surface area contributed by atoms with E-state index in [2.05, 4.69) is 23.5 Å². The number of hydrogen-bond acceptors (Lipinski definition) is 5. The van der Waals surface area contributed by atoms with E-state index in [9.17, 15) is 0 Å². The summed E-state index contributed by atoms with van der Waals surface area (Å²) in [6, 6.07) is 2.63. The maximum atomic E-state index is 8.75. The minimum Gasteiger partial charge on any atom is -0.480 e. The molecular formula is C11H20N2O2S. The Balaban J connectivity index is 2.41. The van der Waals surface area contributed by atoms with Gasteiger partial charge in [-0.25, -0.2) is 0 Å². The first kappa shape index (κ1) is 13.4. The normalized spacial score (nSPS) is 14.8. The molecule has 4 nitrogen and oxygen atoms in total. The molecule has 0 saturated carbocycles. The average Bonchev–Trinajstić information content (AvgIpc) is 2.74. The lowest BCUT2D eigenvalue weighted by Gasteiger charge is -2.18. The van der Waals surface area contributed by atoms with Crippen molar-refractivity contribution in [1.82, 2.24) is 9.69 Å². The number of methoxy groups -OCH3 is 1. The molecule has 0 spiro atoms. The van der Waals surface area contributed by atoms with Gasteiger partial charge in [0.2, 0.25) is 5.88 Å². The van der Waals surface area contributed by atoms with E-state index in [1.807, 2.05) is 6.07 Å². The Hall–Kier alpha value is -0.650. The lowest BCUT2D eigenvalue weighted by Crippen LogP contribution is -2.28. The van der Waals surface area contributed by atoms with Crippen molar-refractivity contribution in [3.8, 4) is 5.88 Å². The monoisotopic (exact) mass is 244 g/mol. The highest BCUT2D eigenvalue weighted by molar-refractivity contribution is 7.06. The molecule has 5 heteroatoms. The van der Waals surface area contributed by atoms with Gasteiger partial charge in [-0.05, 0) is 38.2 Å². The molecule has 1 aromatic rings. The lowest BCUT2D eigenvalue weighted by molar-refractivity contribution is 0.274. The van der Waals surface area contributed by atoms with Crippen molar-refractivity contribution in [3.63, 3.8) is 0 Å². The van der Waals surface area contributed by atoms with Gasteiger partial charge in [0.15, 0.2) is 0 Å². The molecule has 0 aliphatic heterocycles. The third kappa shape index (κ3) is 4.08. The van der Waals surface area contributed by atoms with Crippen molar-refractivity contribution >= 4 is 11.5 Å². The minimum absolute atomic E-state index is 0.259. The molecule has 92 valence electrons. The van der Waals surface area contributed by atoms with Crippen molar-refractivity contribution in [3.05, 3.63) is 10.9 Å². The molecule has 0 aliphatic carbocycles. The van der Waals surface area contributed by atoms with E-state index in [0.717, 1.165) is 12.8 Å². The predicted molar refractivity (Wildman–Crippen MR) is 66.0 cm³/mol. The molecule has 16 heavy (non-hydrogen) atoms. The van der Waals surface area contributed by atoms with Crippen molar-refractivity contribution in [2.45, 2.75) is 38.8 Å². The van der Waals surface area contributed by atoms with Gasteiger partial charge in [-0.3, -0.25) is 0 Å². The quantitative estimate of drug-likeness (QED) is 0.770. The predicted octanol–water partition coefficient (Wildman–Crippen LogP) is 1.96. The van der Waals surface area contributed by atoms with Crippen molar-refractivity contribution in [1.29, 1.82) is 0 Å². The number of aromatic nitrogens is 1. The van der Waals surface area contributed by atoms with Crippen LogP contribution in [0.3, 0.4) is 0 Å². The number of rotatable bonds is 7. The molecule has 2 unspecified atom stereocenters. The SMILES string of the molecule is COc1cc(C(C)NC(C)CCCO)sn1. The fraction of sp³-hybridized carbons (Fsp3) is 0.727. The summed E-state index contributed by atoms with van der Waals surface area (Å²) in [5.74, 6) is 0.677. The Morgan fingerprint density at radius 1 is 1.56 bits per heavy atom. The summed E-state index contributed by atoms with van der Waals surface area (Å²) in [7, 11) is 1.63. The van der Waals surface area contributed by atoms with Crippen LogP contribution in [0.5, 0.6) is 5.88 Å². The molecule has 0 aliphatic rings. The van der Waals surface area contributed by atoms with Crippen molar-refractivity contribution < 1.29 is 9.84 Å². The van der Waals surface area contributed by atoms with Gasteiger partial charge in [0.1, 0.15) is 0 Å². The first-order valence-corrected chi connectivity index (χ1v) is 6.32. The molecule has 0 fully saturated rings. The molecule has 1 aromatic heterocycles. The maximum Gasteiger partial charge on any atom is 0.225 e. The standard InChI is InChI=1S/C11H20N2O2S/c1-8(5-4-6-14)12-9(2)10-7-11(15-3)13-16-10/h7-9,12,14H,4-6H2,1-3H3. The number of aliphatic hydroxyl groups is 1. The van der Waals surface area contributed by atoms with Gasteiger partial charge in [0, 0.05) is 29.6 Å². The van der Waals surface area contributed by atoms with Gasteiger partial charge >= 0.3 is 0 Å². The highest BCUT2D eigenvalue weighted by Gasteiger charge is 2.12. The first-order valence-electron chi connectivity index (χ1n) is 5.55. The van der Waals surface area contributed by atoms with Crippen LogP contribution < -0.4 is 10.1 Å². The molecule has 0 amide bonds. The van der Waals surface area contributed by atoms with E-state index >= 15 is 0 Å². The van der Waals surface area contributed by atoms with Gasteiger partial charge in [-0.2, -0.15) is 4.37 Å². The third-order valence-corrected chi connectivity index (χ3v) is 3.43. The summed E-state index contributed by atoms with van der Waals surface area (Å²) in [6.45, 7) is 4.50. The fourth-order valence-electron chi connectivity index (χ4n) is 1.56. The molecular weight excluding hydrogens is 224 g/mol. The minimum atomic E-state index is 0.259. The number of aliphatic hydroxyl groups excluding tert-OH is 1. The summed E-state index contributed by atoms with van der Waals surface area (Å²) in [4.78, 5) is 1.17. The Morgan fingerprint density at radius 3 is 2.88 bits per heavy atom. The summed E-state index contributed by atoms with van der Waals surface area (Å²) in [5.41, 5.74) is 0. The van der Waals surface area contributed by atoms with E-state index in [1.165, 1.54) is 16.4 Å². The van der Waals surface area contributed by atoms with Crippen LogP contribution in [0.15, 0.2) is 6.07 Å². The molecule has 0 saturated heterocycles. The summed E-state index contributed by atoms with van der Waals surface area (Å²) >= 11 is 1.46. The Bertz CT molecular complexity index is 304. The molecule has 2 N–H and O–H groups in total.